The summed E-state index contributed by atoms with van der Waals surface area (Å²) < 4.78 is 18.4. The summed E-state index contributed by atoms with van der Waals surface area (Å²) in [5.74, 6) is 2.20. The van der Waals surface area contributed by atoms with E-state index in [1.807, 2.05) is 0 Å². The summed E-state index contributed by atoms with van der Waals surface area (Å²) in [6.45, 7) is 8.38. The highest BCUT2D eigenvalue weighted by Gasteiger charge is 2.60. The second kappa shape index (κ2) is 11.3. The van der Waals surface area contributed by atoms with Gasteiger partial charge in [-0.3, -0.25) is 4.79 Å². The smallest absolute Gasteiger partial charge is 0.186 e. The lowest BCUT2D eigenvalue weighted by atomic mass is 9.51. The highest BCUT2D eigenvalue weighted by Crippen LogP contribution is 2.64. The van der Waals surface area contributed by atoms with Crippen LogP contribution in [0.25, 0.3) is 0 Å². The zero-order valence-electron chi connectivity index (χ0n) is 24.2. The van der Waals surface area contributed by atoms with Crippen LogP contribution >= 0.6 is 0 Å². The first-order valence-electron chi connectivity index (χ1n) is 15.6. The van der Waals surface area contributed by atoms with E-state index in [1.165, 1.54) is 5.57 Å². The number of carbonyl (C=O) groups excluding carboxylic acids is 1. The molecule has 14 atom stereocenters. The van der Waals surface area contributed by atoms with E-state index in [2.05, 4.69) is 26.1 Å². The van der Waals surface area contributed by atoms with Crippen molar-refractivity contribution in [2.45, 2.75) is 121 Å². The molecule has 4 aliphatic carbocycles. The predicted octanol–water partition coefficient (Wildman–Crippen LogP) is 1.70. The number of aliphatic hydroxyl groups is 4. The van der Waals surface area contributed by atoms with Gasteiger partial charge in [0.05, 0.1) is 24.9 Å². The molecule has 5 fully saturated rings. The maximum atomic E-state index is 13.7. The van der Waals surface area contributed by atoms with Crippen molar-refractivity contribution in [3.05, 3.63) is 11.1 Å². The van der Waals surface area contributed by atoms with Crippen LogP contribution < -0.4 is 5.32 Å². The van der Waals surface area contributed by atoms with Gasteiger partial charge in [-0.05, 0) is 93.1 Å². The van der Waals surface area contributed by atoms with Crippen LogP contribution in [0.1, 0.15) is 72.1 Å². The lowest BCUT2D eigenvalue weighted by Crippen LogP contribution is -2.60. The lowest BCUT2D eigenvalue weighted by Gasteiger charge is -2.53. The molecular weight excluding hydrogens is 514 g/mol. The molecule has 3 saturated carbocycles. The van der Waals surface area contributed by atoms with Gasteiger partial charge < -0.3 is 40.0 Å². The molecule has 9 nitrogen and oxygen atoms in total. The van der Waals surface area contributed by atoms with Gasteiger partial charge in [0.1, 0.15) is 30.2 Å². The third kappa shape index (κ3) is 5.02. The van der Waals surface area contributed by atoms with E-state index in [0.717, 1.165) is 51.6 Å². The Balaban J connectivity index is 1.14. The monoisotopic (exact) mass is 563 g/mol. The summed E-state index contributed by atoms with van der Waals surface area (Å²) >= 11 is 0. The minimum absolute atomic E-state index is 0.0983. The summed E-state index contributed by atoms with van der Waals surface area (Å²) in [6, 6.07) is 0. The molecule has 2 saturated heterocycles. The maximum absolute atomic E-state index is 13.7. The number of fused-ring (bicyclic) bond motifs is 5. The molecule has 6 aliphatic rings. The standard InChI is InChI=1S/C31H49NO8/c1-15-8-18(13-32-12-15)38-25-5-4-19-20(16(25)2)10-22-21(19)11-24(34)23-9-17(6-7-31(22,23)3)39-30-29(37)28(36)27(35)26(14-33)40-30/h15,17-19,21-23,25-30,32-33,35-37H,4-14H2,1-3H3. The largest absolute Gasteiger partial charge is 0.394 e. The Bertz CT molecular complexity index is 986. The first-order chi connectivity index (χ1) is 19.1. The highest BCUT2D eigenvalue weighted by molar-refractivity contribution is 5.83. The molecule has 5 N–H and O–H groups in total. The van der Waals surface area contributed by atoms with E-state index in [4.69, 9.17) is 14.2 Å². The first-order valence-corrected chi connectivity index (χ1v) is 15.6. The zero-order chi connectivity index (χ0) is 28.3. The van der Waals surface area contributed by atoms with Crippen LogP contribution in [-0.4, -0.2) is 94.9 Å². The number of allylic oxidation sites excluding steroid dienone is 1. The van der Waals surface area contributed by atoms with Crippen molar-refractivity contribution < 1.29 is 39.4 Å². The van der Waals surface area contributed by atoms with Gasteiger partial charge >= 0.3 is 0 Å². The van der Waals surface area contributed by atoms with Crippen molar-refractivity contribution >= 4 is 5.78 Å². The van der Waals surface area contributed by atoms with Crippen molar-refractivity contribution in [2.24, 2.45) is 35.0 Å². The predicted molar refractivity (Wildman–Crippen MR) is 146 cm³/mol. The Kier molecular flexibility index (Phi) is 8.24. The second-order valence-electron chi connectivity index (χ2n) is 14.1. The summed E-state index contributed by atoms with van der Waals surface area (Å²) in [4.78, 5) is 13.7. The fraction of sp³-hybridized carbons (Fsp3) is 0.903. The van der Waals surface area contributed by atoms with Crippen LogP contribution in [0.3, 0.4) is 0 Å². The molecular formula is C31H49NO8. The van der Waals surface area contributed by atoms with Crippen LogP contribution in [0.15, 0.2) is 11.1 Å². The number of ketones is 1. The number of carbonyl (C=O) groups is 1. The summed E-state index contributed by atoms with van der Waals surface area (Å²) in [5.41, 5.74) is 2.87. The Morgan fingerprint density at radius 3 is 2.55 bits per heavy atom. The van der Waals surface area contributed by atoms with Gasteiger partial charge in [0.2, 0.25) is 0 Å². The Hall–Kier alpha value is -0.910. The zero-order valence-corrected chi connectivity index (χ0v) is 24.2. The Morgan fingerprint density at radius 1 is 1.00 bits per heavy atom. The van der Waals surface area contributed by atoms with Crippen LogP contribution in [0.5, 0.6) is 0 Å². The molecule has 0 aromatic heterocycles. The van der Waals surface area contributed by atoms with Crippen molar-refractivity contribution in [3.8, 4) is 0 Å². The van der Waals surface area contributed by atoms with E-state index < -0.39 is 37.3 Å². The fourth-order valence-electron chi connectivity index (χ4n) is 9.40. The van der Waals surface area contributed by atoms with E-state index in [0.29, 0.717) is 42.3 Å². The van der Waals surface area contributed by atoms with Crippen molar-refractivity contribution in [1.29, 1.82) is 0 Å². The molecule has 0 bridgehead atoms. The summed E-state index contributed by atoms with van der Waals surface area (Å²) in [6.07, 6.45) is 0.785. The average Bonchev–Trinajstić information content (AvgIpc) is 3.31. The van der Waals surface area contributed by atoms with E-state index in [1.54, 1.807) is 5.57 Å². The van der Waals surface area contributed by atoms with Gasteiger partial charge in [0, 0.05) is 18.9 Å². The molecule has 2 heterocycles. The van der Waals surface area contributed by atoms with E-state index >= 15 is 0 Å². The molecule has 6 rings (SSSR count). The second-order valence-corrected chi connectivity index (χ2v) is 14.1. The fourth-order valence-corrected chi connectivity index (χ4v) is 9.40. The molecule has 0 amide bonds. The molecule has 40 heavy (non-hydrogen) atoms. The minimum atomic E-state index is -1.47. The van der Waals surface area contributed by atoms with Crippen LogP contribution in [0.4, 0.5) is 0 Å². The van der Waals surface area contributed by atoms with Gasteiger partial charge in [-0.15, -0.1) is 0 Å². The van der Waals surface area contributed by atoms with Gasteiger partial charge in [-0.1, -0.05) is 19.4 Å². The van der Waals surface area contributed by atoms with E-state index in [9.17, 15) is 25.2 Å². The van der Waals surface area contributed by atoms with E-state index in [-0.39, 0.29) is 29.6 Å². The summed E-state index contributed by atoms with van der Waals surface area (Å²) in [5, 5.41) is 43.8. The van der Waals surface area contributed by atoms with Gasteiger partial charge in [0.25, 0.3) is 0 Å². The number of nitrogens with one attached hydrogen (secondary N) is 1. The topological polar surface area (TPSA) is 138 Å². The maximum Gasteiger partial charge on any atom is 0.186 e. The van der Waals surface area contributed by atoms with Crippen LogP contribution in [0.2, 0.25) is 0 Å². The van der Waals surface area contributed by atoms with Gasteiger partial charge in [-0.2, -0.15) is 0 Å². The number of rotatable bonds is 5. The molecule has 0 radical (unpaired) electrons. The van der Waals surface area contributed by atoms with Crippen LogP contribution in [0, 0.1) is 35.0 Å². The van der Waals surface area contributed by atoms with Crippen LogP contribution in [-0.2, 0) is 19.0 Å². The third-order valence-electron chi connectivity index (χ3n) is 11.7. The molecule has 0 spiro atoms. The molecule has 9 heteroatoms. The average molecular weight is 564 g/mol. The Labute approximate surface area is 237 Å². The van der Waals surface area contributed by atoms with Crippen molar-refractivity contribution in [3.63, 3.8) is 0 Å². The van der Waals surface area contributed by atoms with Crippen molar-refractivity contribution in [1.82, 2.24) is 5.32 Å². The lowest BCUT2D eigenvalue weighted by molar-refractivity contribution is -0.315. The van der Waals surface area contributed by atoms with Gasteiger partial charge in [-0.25, -0.2) is 0 Å². The number of Topliss-reactive ketones (excluding diaryl/α,β-unsaturated/α-hetero) is 1. The quantitative estimate of drug-likeness (QED) is 0.250. The number of piperidine rings is 1. The SMILES string of the molecule is CC1=C2CC3C(CC(=O)C4CC(OC5OC(CO)C(O)C(O)C5O)CCC43C)C2CCC1OC1CNCC(C)C1. The molecule has 14 unspecified atom stereocenters. The number of aliphatic hydroxyl groups excluding tert-OH is 4. The number of hydrogen-bond donors (Lipinski definition) is 5. The van der Waals surface area contributed by atoms with Gasteiger partial charge in [0.15, 0.2) is 6.29 Å². The highest BCUT2D eigenvalue weighted by atomic mass is 16.7. The third-order valence-corrected chi connectivity index (χ3v) is 11.7. The normalized spacial score (nSPS) is 51.3. The molecule has 0 aromatic carbocycles. The molecule has 226 valence electrons. The van der Waals surface area contributed by atoms with Crippen molar-refractivity contribution in [2.75, 3.05) is 19.7 Å². The minimum Gasteiger partial charge on any atom is -0.394 e. The summed E-state index contributed by atoms with van der Waals surface area (Å²) in [7, 11) is 0. The molecule has 2 aliphatic heterocycles. The Morgan fingerprint density at radius 2 is 1.80 bits per heavy atom. The molecule has 0 aromatic rings. The number of ether oxygens (including phenoxy) is 3. The first kappa shape index (κ1) is 29.2. The number of hydrogen-bond acceptors (Lipinski definition) is 9.